The fraction of sp³-hybridized carbons (Fsp3) is 0.263. The standard InChI is InChI=1S/C19H19ClN2O4S/c1-22(9-10-26-13-6-4-5-12(20)11-13)19(25)17(24)16(23)18-21-14-7-2-3-8-15(14)27-18/h2-8,11,16-17,23-24H,9-10H2,1H3. The van der Waals surface area contributed by atoms with Crippen LogP contribution in [0.2, 0.25) is 5.02 Å². The Kier molecular flexibility index (Phi) is 6.28. The van der Waals surface area contributed by atoms with E-state index in [9.17, 15) is 15.0 Å². The number of benzene rings is 2. The number of amides is 1. The Hall–Kier alpha value is -2.19. The average molecular weight is 407 g/mol. The van der Waals surface area contributed by atoms with E-state index in [2.05, 4.69) is 4.98 Å². The second-order valence-electron chi connectivity index (χ2n) is 5.98. The van der Waals surface area contributed by atoms with Gasteiger partial charge in [-0.2, -0.15) is 0 Å². The van der Waals surface area contributed by atoms with Crippen molar-refractivity contribution in [2.75, 3.05) is 20.2 Å². The zero-order valence-corrected chi connectivity index (χ0v) is 16.2. The van der Waals surface area contributed by atoms with E-state index in [1.807, 2.05) is 24.3 Å². The van der Waals surface area contributed by atoms with Gasteiger partial charge in [0.05, 0.1) is 16.8 Å². The molecule has 1 aromatic heterocycles. The van der Waals surface area contributed by atoms with Crippen LogP contribution in [-0.4, -0.2) is 52.3 Å². The molecule has 0 spiro atoms. The number of hydrogen-bond donors (Lipinski definition) is 2. The second-order valence-corrected chi connectivity index (χ2v) is 7.47. The van der Waals surface area contributed by atoms with Crippen molar-refractivity contribution in [3.63, 3.8) is 0 Å². The SMILES string of the molecule is CN(CCOc1cccc(Cl)c1)C(=O)C(O)C(O)c1nc2ccccc2s1. The van der Waals surface area contributed by atoms with Gasteiger partial charge >= 0.3 is 0 Å². The molecule has 1 amide bonds. The Morgan fingerprint density at radius 2 is 2.04 bits per heavy atom. The number of fused-ring (bicyclic) bond motifs is 1. The Morgan fingerprint density at radius 3 is 2.78 bits per heavy atom. The largest absolute Gasteiger partial charge is 0.492 e. The monoisotopic (exact) mass is 406 g/mol. The molecule has 8 heteroatoms. The Bertz CT molecular complexity index is 900. The molecule has 0 fully saturated rings. The van der Waals surface area contributed by atoms with Gasteiger partial charge in [0.2, 0.25) is 0 Å². The van der Waals surface area contributed by atoms with Crippen LogP contribution in [0.4, 0.5) is 0 Å². The number of aliphatic hydroxyl groups excluding tert-OH is 2. The maximum absolute atomic E-state index is 12.4. The molecule has 0 saturated heterocycles. The molecule has 0 aliphatic heterocycles. The summed E-state index contributed by atoms with van der Waals surface area (Å²) in [5, 5.41) is 21.5. The zero-order chi connectivity index (χ0) is 19.4. The number of hydrogen-bond acceptors (Lipinski definition) is 6. The fourth-order valence-corrected chi connectivity index (χ4v) is 3.64. The van der Waals surface area contributed by atoms with Crippen molar-refractivity contribution in [3.8, 4) is 5.75 Å². The van der Waals surface area contributed by atoms with E-state index in [0.717, 1.165) is 10.2 Å². The third-order valence-corrected chi connectivity index (χ3v) is 5.33. The first-order valence-electron chi connectivity index (χ1n) is 8.30. The first-order chi connectivity index (χ1) is 13.0. The smallest absolute Gasteiger partial charge is 0.254 e. The quantitative estimate of drug-likeness (QED) is 0.630. The van der Waals surface area contributed by atoms with Crippen LogP contribution in [0.1, 0.15) is 11.1 Å². The Labute approximate surface area is 165 Å². The number of aliphatic hydroxyl groups is 2. The molecule has 2 N–H and O–H groups in total. The molecule has 2 unspecified atom stereocenters. The van der Waals surface area contributed by atoms with Gasteiger partial charge in [0.15, 0.2) is 6.10 Å². The lowest BCUT2D eigenvalue weighted by Crippen LogP contribution is -2.41. The van der Waals surface area contributed by atoms with E-state index in [1.165, 1.54) is 23.3 Å². The predicted octanol–water partition coefficient (Wildman–Crippen LogP) is 2.88. The molecule has 142 valence electrons. The predicted molar refractivity (Wildman–Crippen MR) is 105 cm³/mol. The van der Waals surface area contributed by atoms with Crippen molar-refractivity contribution in [3.05, 3.63) is 58.6 Å². The van der Waals surface area contributed by atoms with E-state index in [-0.39, 0.29) is 13.2 Å². The molecule has 6 nitrogen and oxygen atoms in total. The van der Waals surface area contributed by atoms with Gasteiger partial charge in [-0.1, -0.05) is 29.8 Å². The number of likely N-dealkylation sites (N-methyl/N-ethyl adjacent to an activating group) is 1. The van der Waals surface area contributed by atoms with Crippen LogP contribution in [0.3, 0.4) is 0 Å². The van der Waals surface area contributed by atoms with E-state index in [1.54, 1.807) is 24.3 Å². The van der Waals surface area contributed by atoms with Gasteiger partial charge in [-0.25, -0.2) is 4.98 Å². The lowest BCUT2D eigenvalue weighted by Gasteiger charge is -2.22. The first-order valence-corrected chi connectivity index (χ1v) is 9.50. The minimum Gasteiger partial charge on any atom is -0.492 e. The summed E-state index contributed by atoms with van der Waals surface area (Å²) in [6, 6.07) is 14.3. The highest BCUT2D eigenvalue weighted by Crippen LogP contribution is 2.28. The summed E-state index contributed by atoms with van der Waals surface area (Å²) in [6.45, 7) is 0.474. The van der Waals surface area contributed by atoms with Crippen LogP contribution < -0.4 is 4.74 Å². The van der Waals surface area contributed by atoms with Gasteiger partial charge in [0.25, 0.3) is 5.91 Å². The number of thiazole rings is 1. The van der Waals surface area contributed by atoms with Crippen LogP contribution in [-0.2, 0) is 4.79 Å². The van der Waals surface area contributed by atoms with Crippen molar-refractivity contribution in [2.45, 2.75) is 12.2 Å². The topological polar surface area (TPSA) is 82.9 Å². The summed E-state index contributed by atoms with van der Waals surface area (Å²) in [5.74, 6) is -0.00476. The number of carbonyl (C=O) groups excluding carboxylic acids is 1. The highest BCUT2D eigenvalue weighted by Gasteiger charge is 2.30. The number of rotatable bonds is 7. The molecular formula is C19H19ClN2O4S. The van der Waals surface area contributed by atoms with E-state index >= 15 is 0 Å². The van der Waals surface area contributed by atoms with Crippen molar-refractivity contribution >= 4 is 39.1 Å². The summed E-state index contributed by atoms with van der Waals surface area (Å²) in [6.07, 6.45) is -2.98. The molecule has 0 radical (unpaired) electrons. The molecule has 1 heterocycles. The molecule has 2 aromatic carbocycles. The molecular weight excluding hydrogens is 388 g/mol. The Balaban J connectivity index is 1.56. The van der Waals surface area contributed by atoms with Crippen LogP contribution in [0.25, 0.3) is 10.2 Å². The maximum Gasteiger partial charge on any atom is 0.254 e. The van der Waals surface area contributed by atoms with E-state index < -0.39 is 18.1 Å². The minimum absolute atomic E-state index is 0.229. The second kappa shape index (κ2) is 8.67. The lowest BCUT2D eigenvalue weighted by molar-refractivity contribution is -0.145. The third kappa shape index (κ3) is 4.75. The maximum atomic E-state index is 12.4. The molecule has 0 aliphatic carbocycles. The van der Waals surface area contributed by atoms with Crippen molar-refractivity contribution in [1.82, 2.24) is 9.88 Å². The molecule has 0 saturated carbocycles. The molecule has 0 aliphatic rings. The van der Waals surface area contributed by atoms with Gasteiger partial charge in [0.1, 0.15) is 23.5 Å². The van der Waals surface area contributed by atoms with Gasteiger partial charge in [0, 0.05) is 12.1 Å². The average Bonchev–Trinajstić information content (AvgIpc) is 3.10. The van der Waals surface area contributed by atoms with Gasteiger partial charge in [-0.3, -0.25) is 4.79 Å². The lowest BCUT2D eigenvalue weighted by atomic mass is 10.2. The molecule has 3 aromatic rings. The van der Waals surface area contributed by atoms with Crippen molar-refractivity contribution < 1.29 is 19.7 Å². The molecule has 27 heavy (non-hydrogen) atoms. The van der Waals surface area contributed by atoms with E-state index in [0.29, 0.717) is 15.8 Å². The third-order valence-electron chi connectivity index (χ3n) is 3.98. The van der Waals surface area contributed by atoms with Crippen LogP contribution >= 0.6 is 22.9 Å². The van der Waals surface area contributed by atoms with Gasteiger partial charge in [-0.05, 0) is 30.3 Å². The van der Waals surface area contributed by atoms with E-state index in [4.69, 9.17) is 16.3 Å². The molecule has 3 rings (SSSR count). The number of para-hydroxylation sites is 1. The van der Waals surface area contributed by atoms with Crippen molar-refractivity contribution in [2.24, 2.45) is 0 Å². The van der Waals surface area contributed by atoms with Crippen molar-refractivity contribution in [1.29, 1.82) is 0 Å². The zero-order valence-electron chi connectivity index (χ0n) is 14.6. The van der Waals surface area contributed by atoms with Crippen LogP contribution in [0.5, 0.6) is 5.75 Å². The summed E-state index contributed by atoms with van der Waals surface area (Å²) in [7, 11) is 1.54. The minimum atomic E-state index is -1.60. The number of aromatic nitrogens is 1. The highest BCUT2D eigenvalue weighted by atomic mass is 35.5. The molecule has 0 bridgehead atoms. The number of carbonyl (C=O) groups is 1. The van der Waals surface area contributed by atoms with Gasteiger partial charge in [-0.15, -0.1) is 11.3 Å². The number of halogens is 1. The highest BCUT2D eigenvalue weighted by molar-refractivity contribution is 7.18. The van der Waals surface area contributed by atoms with Crippen LogP contribution in [0, 0.1) is 0 Å². The summed E-state index contributed by atoms with van der Waals surface area (Å²) >= 11 is 7.14. The van der Waals surface area contributed by atoms with Crippen LogP contribution in [0.15, 0.2) is 48.5 Å². The normalized spacial score (nSPS) is 13.3. The summed E-state index contributed by atoms with van der Waals surface area (Å²) < 4.78 is 6.42. The number of nitrogens with zero attached hydrogens (tertiary/aromatic N) is 2. The summed E-state index contributed by atoms with van der Waals surface area (Å²) in [4.78, 5) is 18.0. The first kappa shape index (κ1) is 19.6. The fourth-order valence-electron chi connectivity index (χ4n) is 2.48. The Morgan fingerprint density at radius 1 is 1.26 bits per heavy atom. The summed E-state index contributed by atoms with van der Waals surface area (Å²) in [5.41, 5.74) is 0.722. The number of ether oxygens (including phenoxy) is 1. The molecule has 2 atom stereocenters. The van der Waals surface area contributed by atoms with Gasteiger partial charge < -0.3 is 19.8 Å².